The molecule has 1 N–H and O–H groups in total. The third-order valence-corrected chi connectivity index (χ3v) is 2.19. The lowest BCUT2D eigenvalue weighted by Crippen LogP contribution is -1.89. The van der Waals surface area contributed by atoms with Crippen molar-refractivity contribution in [3.63, 3.8) is 0 Å². The van der Waals surface area contributed by atoms with Crippen LogP contribution in [0.25, 0.3) is 10.9 Å². The number of H-pyrrole nitrogens is 1. The summed E-state index contributed by atoms with van der Waals surface area (Å²) >= 11 is 0. The third-order valence-electron chi connectivity index (χ3n) is 2.19. The van der Waals surface area contributed by atoms with Gasteiger partial charge in [0.25, 0.3) is 5.69 Å². The highest BCUT2D eigenvalue weighted by atomic mass is 16.6. The van der Waals surface area contributed by atoms with E-state index in [1.54, 1.807) is 12.1 Å². The highest BCUT2D eigenvalue weighted by Gasteiger charge is 2.09. The topological polar surface area (TPSA) is 76.0 Å². The maximum absolute atomic E-state index is 11.1. The summed E-state index contributed by atoms with van der Waals surface area (Å²) in [6, 6.07) is 6.06. The minimum Gasteiger partial charge on any atom is -0.352 e. The Balaban J connectivity index is 2.62. The molecule has 1 aromatic heterocycles. The van der Waals surface area contributed by atoms with Gasteiger partial charge in [-0.15, -0.1) is 0 Å². The molecule has 1 heterocycles. The third kappa shape index (κ3) is 1.59. The first-order valence-corrected chi connectivity index (χ1v) is 4.36. The van der Waals surface area contributed by atoms with Crippen molar-refractivity contribution in [1.82, 2.24) is 4.98 Å². The van der Waals surface area contributed by atoms with Crippen molar-refractivity contribution in [2.75, 3.05) is 0 Å². The summed E-state index contributed by atoms with van der Waals surface area (Å²) < 4.78 is 0. The fraction of sp³-hybridized carbons (Fsp3) is 0.100. The highest BCUT2D eigenvalue weighted by molar-refractivity contribution is 5.98. The monoisotopic (exact) mass is 204 g/mol. The van der Waals surface area contributed by atoms with E-state index in [-0.39, 0.29) is 11.5 Å². The van der Waals surface area contributed by atoms with E-state index in [9.17, 15) is 14.9 Å². The highest BCUT2D eigenvalue weighted by Crippen LogP contribution is 2.21. The van der Waals surface area contributed by atoms with E-state index in [0.29, 0.717) is 11.1 Å². The second-order valence-corrected chi connectivity index (χ2v) is 3.27. The molecule has 0 saturated carbocycles. The Morgan fingerprint density at radius 1 is 1.40 bits per heavy atom. The first kappa shape index (κ1) is 9.39. The lowest BCUT2D eigenvalue weighted by Gasteiger charge is -1.90. The molecule has 0 spiro atoms. The largest absolute Gasteiger partial charge is 0.352 e. The minimum absolute atomic E-state index is 0.0246. The van der Waals surface area contributed by atoms with E-state index in [1.165, 1.54) is 19.1 Å². The molecule has 76 valence electrons. The summed E-state index contributed by atoms with van der Waals surface area (Å²) in [6.07, 6.45) is 0. The zero-order chi connectivity index (χ0) is 11.0. The summed E-state index contributed by atoms with van der Waals surface area (Å²) in [5, 5.41) is 11.2. The van der Waals surface area contributed by atoms with Gasteiger partial charge >= 0.3 is 0 Å². The Labute approximate surface area is 84.9 Å². The molecule has 5 heteroatoms. The maximum atomic E-state index is 11.1. The number of fused-ring (bicyclic) bond motifs is 1. The smallest absolute Gasteiger partial charge is 0.270 e. The van der Waals surface area contributed by atoms with Crippen molar-refractivity contribution < 1.29 is 9.72 Å². The predicted molar refractivity (Wildman–Crippen MR) is 55.0 cm³/mol. The molecule has 2 rings (SSSR count). The molecule has 15 heavy (non-hydrogen) atoms. The molecule has 0 amide bonds. The number of hydrogen-bond acceptors (Lipinski definition) is 3. The number of rotatable bonds is 2. The van der Waals surface area contributed by atoms with Gasteiger partial charge in [-0.05, 0) is 12.1 Å². The van der Waals surface area contributed by atoms with Crippen LogP contribution in [-0.4, -0.2) is 15.7 Å². The fourth-order valence-electron chi connectivity index (χ4n) is 1.42. The molecular weight excluding hydrogens is 196 g/mol. The number of nitrogens with zero attached hydrogens (tertiary/aromatic N) is 1. The molecule has 0 aliphatic carbocycles. The molecule has 0 aliphatic rings. The number of Topliss-reactive ketones (excluding diaryl/α,β-unsaturated/α-hetero) is 1. The minimum atomic E-state index is -0.458. The zero-order valence-corrected chi connectivity index (χ0v) is 7.98. The Hall–Kier alpha value is -2.17. The van der Waals surface area contributed by atoms with Crippen LogP contribution in [0, 0.1) is 10.1 Å². The van der Waals surface area contributed by atoms with Crippen molar-refractivity contribution in [1.29, 1.82) is 0 Å². The summed E-state index contributed by atoms with van der Waals surface area (Å²) in [5.41, 5.74) is 1.22. The number of nitrogens with one attached hydrogen (secondary N) is 1. The summed E-state index contributed by atoms with van der Waals surface area (Å²) in [7, 11) is 0. The van der Waals surface area contributed by atoms with Crippen molar-refractivity contribution in [3.05, 3.63) is 40.1 Å². The first-order chi connectivity index (χ1) is 7.08. The van der Waals surface area contributed by atoms with Gasteiger partial charge in [0.15, 0.2) is 5.78 Å². The molecule has 0 saturated heterocycles. The number of hydrogen-bond donors (Lipinski definition) is 1. The normalized spacial score (nSPS) is 10.5. The quantitative estimate of drug-likeness (QED) is 0.463. The van der Waals surface area contributed by atoms with Crippen LogP contribution in [0.4, 0.5) is 5.69 Å². The Morgan fingerprint density at radius 3 is 2.73 bits per heavy atom. The number of nitro benzene ring substituents is 1. The Morgan fingerprint density at radius 2 is 2.13 bits per heavy atom. The molecule has 0 fully saturated rings. The van der Waals surface area contributed by atoms with Gasteiger partial charge in [-0.25, -0.2) is 0 Å². The summed E-state index contributed by atoms with van der Waals surface area (Å²) in [6.45, 7) is 1.44. The second-order valence-electron chi connectivity index (χ2n) is 3.27. The van der Waals surface area contributed by atoms with Gasteiger partial charge in [0.1, 0.15) is 0 Å². The molecule has 5 nitrogen and oxygen atoms in total. The number of non-ortho nitro benzene ring substituents is 1. The van der Waals surface area contributed by atoms with E-state index in [1.807, 2.05) is 0 Å². The number of aromatic amines is 1. The van der Waals surface area contributed by atoms with E-state index in [4.69, 9.17) is 0 Å². The van der Waals surface area contributed by atoms with E-state index < -0.39 is 4.92 Å². The number of nitro groups is 1. The van der Waals surface area contributed by atoms with Gasteiger partial charge < -0.3 is 4.98 Å². The van der Waals surface area contributed by atoms with E-state index in [0.717, 1.165) is 5.52 Å². The van der Waals surface area contributed by atoms with Gasteiger partial charge in [0, 0.05) is 30.0 Å². The predicted octanol–water partition coefficient (Wildman–Crippen LogP) is 2.28. The van der Waals surface area contributed by atoms with E-state index in [2.05, 4.69) is 4.98 Å². The Kier molecular flexibility index (Phi) is 2.00. The van der Waals surface area contributed by atoms with Crippen LogP contribution in [0.2, 0.25) is 0 Å². The van der Waals surface area contributed by atoms with Crippen LogP contribution < -0.4 is 0 Å². The van der Waals surface area contributed by atoms with E-state index >= 15 is 0 Å². The van der Waals surface area contributed by atoms with Gasteiger partial charge in [-0.3, -0.25) is 14.9 Å². The van der Waals surface area contributed by atoms with Crippen LogP contribution in [0.1, 0.15) is 17.4 Å². The number of carbonyl (C=O) groups excluding carboxylic acids is 1. The molecule has 0 bridgehead atoms. The molecular formula is C10H8N2O3. The van der Waals surface area contributed by atoms with Gasteiger partial charge in [0.2, 0.25) is 0 Å². The van der Waals surface area contributed by atoms with Crippen LogP contribution in [-0.2, 0) is 0 Å². The zero-order valence-electron chi connectivity index (χ0n) is 7.98. The van der Waals surface area contributed by atoms with Gasteiger partial charge in [0.05, 0.1) is 10.6 Å². The molecule has 2 aromatic rings. The average Bonchev–Trinajstić information content (AvgIpc) is 2.59. The van der Waals surface area contributed by atoms with Crippen molar-refractivity contribution >= 4 is 22.4 Å². The molecule has 0 radical (unpaired) electrons. The SMILES string of the molecule is CC(=O)c1cc2cc([N+](=O)[O-])ccc2[nH]1. The number of carbonyl (C=O) groups is 1. The fourth-order valence-corrected chi connectivity index (χ4v) is 1.42. The van der Waals surface area contributed by atoms with Crippen molar-refractivity contribution in [2.24, 2.45) is 0 Å². The number of benzene rings is 1. The average molecular weight is 204 g/mol. The number of ketones is 1. The maximum Gasteiger partial charge on any atom is 0.270 e. The second kappa shape index (κ2) is 3.20. The van der Waals surface area contributed by atoms with Crippen LogP contribution >= 0.6 is 0 Å². The summed E-state index contributed by atoms with van der Waals surface area (Å²) in [5.74, 6) is -0.0890. The van der Waals surface area contributed by atoms with Crippen LogP contribution in [0.3, 0.4) is 0 Å². The Bertz CT molecular complexity index is 545. The molecule has 0 atom stereocenters. The molecule has 0 unspecified atom stereocenters. The molecule has 1 aromatic carbocycles. The lowest BCUT2D eigenvalue weighted by atomic mass is 10.2. The van der Waals surface area contributed by atoms with Gasteiger partial charge in [-0.2, -0.15) is 0 Å². The standard InChI is InChI=1S/C10H8N2O3/c1-6(13)10-5-7-4-8(12(14)15)2-3-9(7)11-10/h2-5,11H,1H3. The number of aromatic nitrogens is 1. The van der Waals surface area contributed by atoms with Crippen LogP contribution in [0.5, 0.6) is 0 Å². The van der Waals surface area contributed by atoms with Crippen molar-refractivity contribution in [3.8, 4) is 0 Å². The van der Waals surface area contributed by atoms with Crippen molar-refractivity contribution in [2.45, 2.75) is 6.92 Å². The molecule has 0 aliphatic heterocycles. The first-order valence-electron chi connectivity index (χ1n) is 4.36. The van der Waals surface area contributed by atoms with Crippen LogP contribution in [0.15, 0.2) is 24.3 Å². The lowest BCUT2D eigenvalue weighted by molar-refractivity contribution is -0.384. The van der Waals surface area contributed by atoms with Gasteiger partial charge in [-0.1, -0.05) is 0 Å². The summed E-state index contributed by atoms with van der Waals surface area (Å²) in [4.78, 5) is 24.0.